The van der Waals surface area contributed by atoms with Gasteiger partial charge in [-0.1, -0.05) is 50.7 Å². The number of benzene rings is 4. The Labute approximate surface area is 499 Å². The molecule has 2 saturated heterocycles. The molecule has 3 amide bonds. The number of hydrogen-bond acceptors (Lipinski definition) is 14. The van der Waals surface area contributed by atoms with E-state index in [9.17, 15) is 68.9 Å². The normalized spacial score (nSPS) is 17.5. The molecule has 454 valence electrons. The third-order valence-electron chi connectivity index (χ3n) is 16.3. The SMILES string of the molecule is CNC(=O)c1ccc(N(Cc2ccc(C3CCCCC3)cn2)C(=O)[C@H]2CCN2S(=O)(=O)c2cc(F)c(F)c(C#N)c2)cc1O.N#Cc1cc(S(=O)(=O)N2CC[C@@H]2C(=O)N(Cc2ccc(C3CCCCC3)cn2)c2ccc(C(=O)O)c(O)c2)cc(F)c1F. The van der Waals surface area contributed by atoms with Gasteiger partial charge >= 0.3 is 5.97 Å². The van der Waals surface area contributed by atoms with Gasteiger partial charge in [-0.15, -0.1) is 0 Å². The average Bonchev–Trinajstić information content (AvgIpc) is 0.881. The molecule has 0 bridgehead atoms. The van der Waals surface area contributed by atoms with Crippen molar-refractivity contribution < 1.29 is 68.9 Å². The van der Waals surface area contributed by atoms with Crippen LogP contribution >= 0.6 is 0 Å². The Morgan fingerprint density at radius 2 is 0.989 bits per heavy atom. The van der Waals surface area contributed by atoms with Crippen molar-refractivity contribution in [3.05, 3.63) is 165 Å². The van der Waals surface area contributed by atoms with Gasteiger partial charge < -0.3 is 30.4 Å². The summed E-state index contributed by atoms with van der Waals surface area (Å²) in [4.78, 5) is 61.8. The molecular formula is C61H59F4N9O11S2. The van der Waals surface area contributed by atoms with E-state index >= 15 is 0 Å². The van der Waals surface area contributed by atoms with Gasteiger partial charge in [0.05, 0.1) is 51.0 Å². The molecule has 4 aliphatic rings. The van der Waals surface area contributed by atoms with Crippen molar-refractivity contribution in [3.63, 3.8) is 0 Å². The minimum absolute atomic E-state index is 0.0157. The number of phenolic OH excluding ortho intramolecular Hbond substituents is 1. The summed E-state index contributed by atoms with van der Waals surface area (Å²) in [6.07, 6.45) is 15.1. The second kappa shape index (κ2) is 26.4. The van der Waals surface area contributed by atoms with Crippen molar-refractivity contribution in [2.24, 2.45) is 0 Å². The first-order chi connectivity index (χ1) is 41.5. The largest absolute Gasteiger partial charge is 0.507 e. The number of halogens is 4. The van der Waals surface area contributed by atoms with E-state index in [-0.39, 0.29) is 67.3 Å². The summed E-state index contributed by atoms with van der Waals surface area (Å²) in [7, 11) is -7.60. The highest BCUT2D eigenvalue weighted by Crippen LogP contribution is 2.38. The van der Waals surface area contributed by atoms with Crippen LogP contribution in [0, 0.1) is 45.9 Å². The van der Waals surface area contributed by atoms with Crippen LogP contribution in [0.2, 0.25) is 0 Å². The van der Waals surface area contributed by atoms with E-state index in [1.807, 2.05) is 18.2 Å². The fraction of sp³-hybridized carbons (Fsp3) is 0.344. The van der Waals surface area contributed by atoms with Gasteiger partial charge in [-0.05, 0) is 122 Å². The number of nitrogens with zero attached hydrogens (tertiary/aromatic N) is 8. The maximum atomic E-state index is 14.1. The predicted octanol–water partition coefficient (Wildman–Crippen LogP) is 9.02. The van der Waals surface area contributed by atoms with Gasteiger partial charge in [-0.25, -0.2) is 39.2 Å². The lowest BCUT2D eigenvalue weighted by Crippen LogP contribution is -2.59. The standard InChI is InChI=1S/C31H31F2N5O5S.C30H28F2N4O6S/c1-35-30(40)25-10-9-23(14-28(25)39)37(18-22-8-7-20(17-36-22)19-5-3-2-4-6-19)31(41)27-11-12-38(27)44(42,43)24-13-21(16-34)29(33)26(32)15-24;31-25-14-23(12-20(15-33)28(25)32)43(41,42)36-11-10-26(36)29(38)35(22-8-9-24(30(39)40)27(37)13-22)17-21-7-6-19(16-34-21)18-4-2-1-3-5-18/h7-10,13-15,17,19,27,39H,2-6,11-12,18H2,1H3,(H,35,40);6-9,12-14,16,18,26,37H,1-5,10-11,17H2,(H,39,40)/t27-;26-/m11/s1. The summed E-state index contributed by atoms with van der Waals surface area (Å²) in [5.41, 5.74) is 1.52. The Morgan fingerprint density at radius 3 is 1.31 bits per heavy atom. The molecule has 2 aliphatic carbocycles. The second-order valence-electron chi connectivity index (χ2n) is 21.6. The third kappa shape index (κ3) is 13.3. The zero-order valence-electron chi connectivity index (χ0n) is 46.9. The van der Waals surface area contributed by atoms with E-state index in [1.165, 1.54) is 66.1 Å². The van der Waals surface area contributed by atoms with E-state index in [2.05, 4.69) is 15.3 Å². The molecule has 10 rings (SSSR count). The lowest BCUT2D eigenvalue weighted by molar-refractivity contribution is -0.125. The highest BCUT2D eigenvalue weighted by molar-refractivity contribution is 7.89. The first kappa shape index (κ1) is 62.7. The Hall–Kier alpha value is -8.82. The second-order valence-corrected chi connectivity index (χ2v) is 25.4. The van der Waals surface area contributed by atoms with E-state index in [4.69, 9.17) is 10.5 Å². The van der Waals surface area contributed by atoms with Gasteiger partial charge in [0.2, 0.25) is 31.9 Å². The average molecular weight is 1230 g/mol. The van der Waals surface area contributed by atoms with Crippen LogP contribution in [0.1, 0.15) is 143 Å². The highest BCUT2D eigenvalue weighted by atomic mass is 32.2. The first-order valence-corrected chi connectivity index (χ1v) is 30.9. The zero-order chi connectivity index (χ0) is 62.5. The number of amides is 3. The minimum Gasteiger partial charge on any atom is -0.507 e. The molecule has 0 spiro atoms. The highest BCUT2D eigenvalue weighted by Gasteiger charge is 2.47. The molecule has 87 heavy (non-hydrogen) atoms. The molecule has 2 aliphatic heterocycles. The van der Waals surface area contributed by atoms with Crippen LogP contribution in [0.15, 0.2) is 107 Å². The number of phenols is 2. The predicted molar refractivity (Wildman–Crippen MR) is 306 cm³/mol. The first-order valence-electron chi connectivity index (χ1n) is 28.0. The molecule has 2 saturated carbocycles. The van der Waals surface area contributed by atoms with Crippen molar-refractivity contribution in [1.82, 2.24) is 23.9 Å². The summed E-state index contributed by atoms with van der Waals surface area (Å²) < 4.78 is 111. The van der Waals surface area contributed by atoms with Crippen LogP contribution in [-0.2, 0) is 42.7 Å². The summed E-state index contributed by atoms with van der Waals surface area (Å²) in [6, 6.07) is 17.9. The van der Waals surface area contributed by atoms with Crippen LogP contribution in [0.3, 0.4) is 0 Å². The zero-order valence-corrected chi connectivity index (χ0v) is 48.5. The fourth-order valence-electron chi connectivity index (χ4n) is 11.2. The number of nitrogens with one attached hydrogen (secondary N) is 1. The molecule has 0 radical (unpaired) electrons. The molecule has 4 heterocycles. The Morgan fingerprint density at radius 1 is 0.586 bits per heavy atom. The summed E-state index contributed by atoms with van der Waals surface area (Å²) >= 11 is 0. The molecule has 20 nitrogen and oxygen atoms in total. The lowest BCUT2D eigenvalue weighted by atomic mass is 9.85. The van der Waals surface area contributed by atoms with Gasteiger partial charge in [0.25, 0.3) is 5.91 Å². The van der Waals surface area contributed by atoms with Gasteiger partial charge in [0.15, 0.2) is 23.3 Å². The van der Waals surface area contributed by atoms with E-state index in [1.54, 1.807) is 18.5 Å². The quantitative estimate of drug-likeness (QED) is 0.0657. The molecule has 4 fully saturated rings. The number of sulfonamides is 2. The maximum absolute atomic E-state index is 14.1. The number of carboxylic acid groups (broad SMARTS) is 1. The van der Waals surface area contributed by atoms with Crippen LogP contribution < -0.4 is 15.1 Å². The molecular weight excluding hydrogens is 1170 g/mol. The van der Waals surface area contributed by atoms with Gasteiger partial charge in [-0.2, -0.15) is 19.1 Å². The van der Waals surface area contributed by atoms with Gasteiger partial charge in [0.1, 0.15) is 41.3 Å². The fourth-order valence-corrected chi connectivity index (χ4v) is 14.6. The lowest BCUT2D eigenvalue weighted by Gasteiger charge is -2.41. The molecule has 6 aromatic rings. The number of anilines is 2. The molecule has 2 aromatic heterocycles. The summed E-state index contributed by atoms with van der Waals surface area (Å²) in [5.74, 6) is -9.35. The number of carbonyl (C=O) groups excluding carboxylic acids is 3. The van der Waals surface area contributed by atoms with Crippen molar-refractivity contribution in [3.8, 4) is 23.6 Å². The summed E-state index contributed by atoms with van der Waals surface area (Å²) in [5, 5.41) is 50.9. The van der Waals surface area contributed by atoms with E-state index in [0.29, 0.717) is 41.4 Å². The number of hydrogen-bond donors (Lipinski definition) is 4. The van der Waals surface area contributed by atoms with Crippen molar-refractivity contribution in [1.29, 1.82) is 10.5 Å². The van der Waals surface area contributed by atoms with E-state index < -0.39 is 106 Å². The number of rotatable bonds is 16. The molecule has 2 atom stereocenters. The number of pyridine rings is 2. The van der Waals surface area contributed by atoms with E-state index in [0.717, 1.165) is 89.3 Å². The van der Waals surface area contributed by atoms with Crippen LogP contribution in [0.25, 0.3) is 0 Å². The number of aromatic carboxylic acids is 1. The number of aromatic nitrogens is 2. The molecule has 26 heteroatoms. The third-order valence-corrected chi connectivity index (χ3v) is 20.0. The van der Waals surface area contributed by atoms with Crippen molar-refractivity contribution in [2.45, 2.75) is 124 Å². The Kier molecular flexibility index (Phi) is 19.0. The monoisotopic (exact) mass is 1230 g/mol. The molecule has 0 unspecified atom stereocenters. The number of aromatic hydroxyl groups is 2. The van der Waals surface area contributed by atoms with Crippen molar-refractivity contribution >= 4 is 55.1 Å². The van der Waals surface area contributed by atoms with Crippen LogP contribution in [0.4, 0.5) is 28.9 Å². The topological polar surface area (TPSA) is 296 Å². The van der Waals surface area contributed by atoms with Gasteiger partial charge in [-0.3, -0.25) is 24.4 Å². The van der Waals surface area contributed by atoms with Crippen LogP contribution in [-0.4, -0.2) is 107 Å². The Balaban J connectivity index is 0.000000208. The van der Waals surface area contributed by atoms with Crippen molar-refractivity contribution in [2.75, 3.05) is 29.9 Å². The smallest absolute Gasteiger partial charge is 0.339 e. The number of carboxylic acids is 1. The van der Waals surface area contributed by atoms with Crippen LogP contribution in [0.5, 0.6) is 11.5 Å². The van der Waals surface area contributed by atoms with Gasteiger partial charge in [0, 0.05) is 56.0 Å². The maximum Gasteiger partial charge on any atom is 0.339 e. The molecule has 4 N–H and O–H groups in total. The summed E-state index contributed by atoms with van der Waals surface area (Å²) in [6.45, 7) is -0.353. The molecule has 4 aromatic carbocycles. The Bertz CT molecular complexity index is 3970. The number of nitriles is 2. The minimum atomic E-state index is -4.52. The number of carbonyl (C=O) groups is 4.